The molecule has 0 aromatic heterocycles. The van der Waals surface area contributed by atoms with Crippen molar-refractivity contribution >= 4 is 11.9 Å². The van der Waals surface area contributed by atoms with Crippen LogP contribution in [-0.2, 0) is 19.1 Å². The lowest BCUT2D eigenvalue weighted by molar-refractivity contribution is -0.189. The first-order valence-corrected chi connectivity index (χ1v) is 16.0. The van der Waals surface area contributed by atoms with Gasteiger partial charge < -0.3 is 9.47 Å². The smallest absolute Gasteiger partial charge is 0.308 e. The lowest BCUT2D eigenvalue weighted by Gasteiger charge is -2.18. The molecule has 0 saturated heterocycles. The van der Waals surface area contributed by atoms with Crippen molar-refractivity contribution < 1.29 is 19.1 Å². The molecule has 0 aliphatic rings. The maximum absolute atomic E-state index is 12.4. The van der Waals surface area contributed by atoms with Crippen molar-refractivity contribution in [3.8, 4) is 0 Å². The van der Waals surface area contributed by atoms with Gasteiger partial charge in [-0.3, -0.25) is 9.59 Å². The monoisotopic (exact) mass is 510 g/mol. The quantitative estimate of drug-likeness (QED) is 0.0596. The second-order valence-corrected chi connectivity index (χ2v) is 10.8. The predicted molar refractivity (Wildman–Crippen MR) is 153 cm³/mol. The normalized spacial score (nSPS) is 11.2. The average Bonchev–Trinajstić information content (AvgIpc) is 2.86. The molecule has 0 aliphatic heterocycles. The minimum Gasteiger partial charge on any atom is -0.425 e. The highest BCUT2D eigenvalue weighted by atomic mass is 16.7. The molecule has 0 fully saturated rings. The minimum absolute atomic E-state index is 0.215. The zero-order valence-corrected chi connectivity index (χ0v) is 24.6. The second kappa shape index (κ2) is 28.5. The number of hydrogen-bond donors (Lipinski definition) is 0. The van der Waals surface area contributed by atoms with Crippen LogP contribution in [-0.4, -0.2) is 18.2 Å². The van der Waals surface area contributed by atoms with Gasteiger partial charge in [0.15, 0.2) is 0 Å². The predicted octanol–water partition coefficient (Wildman–Crippen LogP) is 10.6. The summed E-state index contributed by atoms with van der Waals surface area (Å²) in [5.41, 5.74) is 0. The topological polar surface area (TPSA) is 52.6 Å². The zero-order chi connectivity index (χ0) is 26.5. The Labute approximate surface area is 225 Å². The molecule has 0 saturated carbocycles. The van der Waals surface area contributed by atoms with E-state index in [9.17, 15) is 9.59 Å². The number of rotatable bonds is 28. The van der Waals surface area contributed by atoms with Crippen LogP contribution in [0, 0.1) is 0 Å². The maximum Gasteiger partial charge on any atom is 0.308 e. The third-order valence-electron chi connectivity index (χ3n) is 7.04. The van der Waals surface area contributed by atoms with Crippen LogP contribution < -0.4 is 0 Å². The Kier molecular flexibility index (Phi) is 27.7. The summed E-state index contributed by atoms with van der Waals surface area (Å²) in [4.78, 5) is 24.8. The highest BCUT2D eigenvalue weighted by Crippen LogP contribution is 2.16. The minimum atomic E-state index is -0.705. The Balaban J connectivity index is 4.09. The van der Waals surface area contributed by atoms with Crippen LogP contribution in [0.4, 0.5) is 0 Å². The Bertz CT molecular complexity index is 441. The largest absolute Gasteiger partial charge is 0.425 e. The highest BCUT2D eigenvalue weighted by molar-refractivity contribution is 5.71. The van der Waals surface area contributed by atoms with Gasteiger partial charge in [0, 0.05) is 19.3 Å². The summed E-state index contributed by atoms with van der Waals surface area (Å²) in [6.07, 6.45) is 28.4. The Morgan fingerprint density at radius 2 is 0.694 bits per heavy atom. The van der Waals surface area contributed by atoms with Crippen LogP contribution >= 0.6 is 0 Å². The number of unbranched alkanes of at least 4 members (excludes halogenated alkanes) is 20. The van der Waals surface area contributed by atoms with Gasteiger partial charge in [-0.15, -0.1) is 0 Å². The van der Waals surface area contributed by atoms with Gasteiger partial charge in [0.05, 0.1) is 0 Å². The molecular weight excluding hydrogens is 448 g/mol. The first-order chi connectivity index (χ1) is 17.6. The number of ether oxygens (including phenoxy) is 2. The van der Waals surface area contributed by atoms with E-state index in [2.05, 4.69) is 20.8 Å². The number of carbonyl (C=O) groups excluding carboxylic acids is 2. The van der Waals surface area contributed by atoms with Crippen molar-refractivity contribution in [1.82, 2.24) is 0 Å². The van der Waals surface area contributed by atoms with E-state index in [1.807, 2.05) is 0 Å². The van der Waals surface area contributed by atoms with Crippen molar-refractivity contribution in [2.75, 3.05) is 0 Å². The second-order valence-electron chi connectivity index (χ2n) is 10.8. The van der Waals surface area contributed by atoms with E-state index < -0.39 is 6.29 Å². The summed E-state index contributed by atoms with van der Waals surface area (Å²) >= 11 is 0. The van der Waals surface area contributed by atoms with Gasteiger partial charge in [-0.25, -0.2) is 0 Å². The maximum atomic E-state index is 12.4. The number of carbonyl (C=O) groups is 2. The Morgan fingerprint density at radius 1 is 0.417 bits per heavy atom. The van der Waals surface area contributed by atoms with Gasteiger partial charge in [-0.2, -0.15) is 0 Å². The highest BCUT2D eigenvalue weighted by Gasteiger charge is 2.18. The molecule has 0 amide bonds. The molecule has 0 spiro atoms. The first-order valence-electron chi connectivity index (χ1n) is 16.0. The lowest BCUT2D eigenvalue weighted by Crippen LogP contribution is -2.24. The van der Waals surface area contributed by atoms with E-state index in [4.69, 9.17) is 9.47 Å². The Hall–Kier alpha value is -1.06. The summed E-state index contributed by atoms with van der Waals surface area (Å²) in [6, 6.07) is 0. The fourth-order valence-corrected chi connectivity index (χ4v) is 4.63. The van der Waals surface area contributed by atoms with Crippen molar-refractivity contribution in [3.63, 3.8) is 0 Å². The van der Waals surface area contributed by atoms with Crippen molar-refractivity contribution in [1.29, 1.82) is 0 Å². The summed E-state index contributed by atoms with van der Waals surface area (Å²) in [5, 5.41) is 0. The van der Waals surface area contributed by atoms with E-state index in [1.54, 1.807) is 0 Å². The van der Waals surface area contributed by atoms with Crippen LogP contribution in [0.3, 0.4) is 0 Å². The molecule has 4 heteroatoms. The summed E-state index contributed by atoms with van der Waals surface area (Å²) in [6.45, 7) is 6.69. The molecule has 0 aliphatic carbocycles. The molecule has 0 aromatic carbocycles. The Morgan fingerprint density at radius 3 is 1.03 bits per heavy atom. The van der Waals surface area contributed by atoms with Crippen LogP contribution in [0.5, 0.6) is 0 Å². The molecule has 0 unspecified atom stereocenters. The first kappa shape index (κ1) is 34.9. The van der Waals surface area contributed by atoms with Crippen molar-refractivity contribution in [2.24, 2.45) is 0 Å². The van der Waals surface area contributed by atoms with E-state index in [1.165, 1.54) is 109 Å². The average molecular weight is 511 g/mol. The standard InChI is InChI=1S/C32H62O4/c1-4-7-10-13-15-17-19-22-24-27-30(33)35-32(29-26-21-12-9-6-3)36-31(34)28-25-23-20-18-16-14-11-8-5-2/h32H,4-29H2,1-3H3. The molecule has 0 radical (unpaired) electrons. The fourth-order valence-electron chi connectivity index (χ4n) is 4.63. The number of esters is 2. The summed E-state index contributed by atoms with van der Waals surface area (Å²) in [7, 11) is 0. The van der Waals surface area contributed by atoms with Gasteiger partial charge in [0.25, 0.3) is 0 Å². The van der Waals surface area contributed by atoms with E-state index in [0.29, 0.717) is 19.3 Å². The summed E-state index contributed by atoms with van der Waals surface area (Å²) in [5.74, 6) is -0.431. The van der Waals surface area contributed by atoms with Crippen molar-refractivity contribution in [3.05, 3.63) is 0 Å². The SMILES string of the molecule is CCCCCCCCCCCC(=O)OC(CCCCCCC)OC(=O)CCCCCCCCCCC. The third-order valence-corrected chi connectivity index (χ3v) is 7.04. The van der Waals surface area contributed by atoms with Crippen LogP contribution in [0.15, 0.2) is 0 Å². The number of hydrogen-bond acceptors (Lipinski definition) is 4. The van der Waals surface area contributed by atoms with Gasteiger partial charge in [-0.1, -0.05) is 149 Å². The van der Waals surface area contributed by atoms with E-state index in [-0.39, 0.29) is 11.9 Å². The lowest BCUT2D eigenvalue weighted by atomic mass is 10.1. The van der Waals surface area contributed by atoms with Gasteiger partial charge in [0.2, 0.25) is 6.29 Å². The molecule has 214 valence electrons. The molecule has 0 aromatic rings. The van der Waals surface area contributed by atoms with Gasteiger partial charge in [0.1, 0.15) is 0 Å². The third kappa shape index (κ3) is 26.0. The fraction of sp³-hybridized carbons (Fsp3) is 0.938. The molecular formula is C32H62O4. The van der Waals surface area contributed by atoms with E-state index in [0.717, 1.165) is 38.5 Å². The van der Waals surface area contributed by atoms with Crippen LogP contribution in [0.25, 0.3) is 0 Å². The molecule has 0 rings (SSSR count). The molecule has 0 N–H and O–H groups in total. The zero-order valence-electron chi connectivity index (χ0n) is 24.6. The van der Waals surface area contributed by atoms with Crippen molar-refractivity contribution in [2.45, 2.75) is 194 Å². The summed E-state index contributed by atoms with van der Waals surface area (Å²) < 4.78 is 11.2. The van der Waals surface area contributed by atoms with Crippen LogP contribution in [0.2, 0.25) is 0 Å². The van der Waals surface area contributed by atoms with Gasteiger partial charge in [-0.05, 0) is 19.3 Å². The van der Waals surface area contributed by atoms with Crippen LogP contribution in [0.1, 0.15) is 188 Å². The molecule has 0 bridgehead atoms. The van der Waals surface area contributed by atoms with Gasteiger partial charge >= 0.3 is 11.9 Å². The molecule has 4 nitrogen and oxygen atoms in total. The molecule has 36 heavy (non-hydrogen) atoms. The van der Waals surface area contributed by atoms with E-state index >= 15 is 0 Å². The molecule has 0 atom stereocenters. The molecule has 0 heterocycles.